The van der Waals surface area contributed by atoms with Crippen molar-refractivity contribution in [2.24, 2.45) is 5.92 Å². The van der Waals surface area contributed by atoms with Crippen molar-refractivity contribution < 1.29 is 9.84 Å². The van der Waals surface area contributed by atoms with Gasteiger partial charge in [0.1, 0.15) is 5.75 Å². The molecular weight excluding hydrogens is 358 g/mol. The monoisotopic (exact) mass is 399 g/mol. The van der Waals surface area contributed by atoms with Gasteiger partial charge in [0, 0.05) is 6.54 Å². The van der Waals surface area contributed by atoms with Crippen molar-refractivity contribution in [2.75, 3.05) is 13.7 Å². The molecule has 0 aliphatic heterocycles. The standard InChI is InChI=1S/C20H27NO2.C4H8.C2H6/c1-4-17(16-21-15-7-10-19(22)5-2)8-6-9-18-11-13-20(23-3)14-12-18;1-3-4-2;1-2/h4-7,9,11-15,17,19,21-22H,1-2,8,10,16H2,3H3;3H,1,4H2,2H3;1-2H3/b9-6+,15-7+;;. The predicted molar refractivity (Wildman–Crippen MR) is 130 cm³/mol. The van der Waals surface area contributed by atoms with Crippen LogP contribution in [0.2, 0.25) is 0 Å². The van der Waals surface area contributed by atoms with Gasteiger partial charge in [0.25, 0.3) is 0 Å². The highest BCUT2D eigenvalue weighted by Gasteiger charge is 2.00. The van der Waals surface area contributed by atoms with E-state index in [1.54, 1.807) is 7.11 Å². The molecule has 0 bridgehead atoms. The molecule has 2 atom stereocenters. The molecule has 0 saturated carbocycles. The molecule has 1 rings (SSSR count). The van der Waals surface area contributed by atoms with E-state index in [1.165, 1.54) is 6.08 Å². The van der Waals surface area contributed by atoms with Gasteiger partial charge < -0.3 is 15.2 Å². The number of aliphatic hydroxyl groups is 1. The van der Waals surface area contributed by atoms with Crippen LogP contribution in [0.1, 0.15) is 45.6 Å². The second kappa shape index (κ2) is 21.8. The number of rotatable bonds is 12. The maximum Gasteiger partial charge on any atom is 0.118 e. The van der Waals surface area contributed by atoms with Crippen LogP contribution in [0.25, 0.3) is 6.08 Å². The highest BCUT2D eigenvalue weighted by atomic mass is 16.5. The van der Waals surface area contributed by atoms with Crippen molar-refractivity contribution in [3.05, 3.63) is 86.1 Å². The summed E-state index contributed by atoms with van der Waals surface area (Å²) >= 11 is 0. The Morgan fingerprint density at radius 1 is 1.03 bits per heavy atom. The van der Waals surface area contributed by atoms with Crippen LogP contribution in [0.15, 0.2) is 80.6 Å². The first-order valence-corrected chi connectivity index (χ1v) is 10.3. The number of aliphatic hydroxyl groups excluding tert-OH is 1. The predicted octanol–water partition coefficient (Wildman–Crippen LogP) is 6.55. The summed E-state index contributed by atoms with van der Waals surface area (Å²) in [6.45, 7) is 17.8. The first kappa shape index (κ1) is 28.7. The van der Waals surface area contributed by atoms with Crippen LogP contribution in [0, 0.1) is 5.92 Å². The van der Waals surface area contributed by atoms with Gasteiger partial charge in [-0.15, -0.1) is 19.7 Å². The molecule has 0 aliphatic carbocycles. The van der Waals surface area contributed by atoms with E-state index >= 15 is 0 Å². The average molecular weight is 400 g/mol. The Balaban J connectivity index is 0. The molecule has 0 heterocycles. The van der Waals surface area contributed by atoms with Crippen molar-refractivity contribution in [1.82, 2.24) is 5.32 Å². The van der Waals surface area contributed by atoms with Gasteiger partial charge in [-0.25, -0.2) is 0 Å². The topological polar surface area (TPSA) is 41.5 Å². The van der Waals surface area contributed by atoms with E-state index in [1.807, 2.05) is 62.5 Å². The lowest BCUT2D eigenvalue weighted by Gasteiger charge is -2.10. The van der Waals surface area contributed by atoms with Gasteiger partial charge in [0.15, 0.2) is 0 Å². The molecule has 0 amide bonds. The van der Waals surface area contributed by atoms with Crippen molar-refractivity contribution in [2.45, 2.75) is 46.1 Å². The number of allylic oxidation sites excluding steroid dienone is 2. The van der Waals surface area contributed by atoms with Gasteiger partial charge in [-0.2, -0.15) is 0 Å². The third kappa shape index (κ3) is 17.3. The van der Waals surface area contributed by atoms with Crippen LogP contribution in [0.5, 0.6) is 5.75 Å². The summed E-state index contributed by atoms with van der Waals surface area (Å²) in [7, 11) is 1.67. The summed E-state index contributed by atoms with van der Waals surface area (Å²) in [4.78, 5) is 0. The van der Waals surface area contributed by atoms with Crippen LogP contribution in [-0.4, -0.2) is 24.9 Å². The van der Waals surface area contributed by atoms with Crippen LogP contribution in [0.3, 0.4) is 0 Å². The van der Waals surface area contributed by atoms with Crippen molar-refractivity contribution >= 4 is 6.08 Å². The Labute approximate surface area is 179 Å². The Morgan fingerprint density at radius 2 is 1.66 bits per heavy atom. The summed E-state index contributed by atoms with van der Waals surface area (Å²) in [5, 5.41) is 12.6. The number of hydrogen-bond acceptors (Lipinski definition) is 3. The molecule has 162 valence electrons. The number of nitrogens with one attached hydrogen (secondary N) is 1. The van der Waals surface area contributed by atoms with Crippen molar-refractivity contribution in [3.8, 4) is 5.75 Å². The first-order valence-electron chi connectivity index (χ1n) is 10.3. The van der Waals surface area contributed by atoms with E-state index in [-0.39, 0.29) is 0 Å². The summed E-state index contributed by atoms with van der Waals surface area (Å²) in [5.41, 5.74) is 1.15. The summed E-state index contributed by atoms with van der Waals surface area (Å²) < 4.78 is 5.14. The SMILES string of the molecule is C=CC(O)C/C=C/NCC(C=C)C/C=C/c1ccc(OC)cc1.C=CCC.CC. The third-order valence-electron chi connectivity index (χ3n) is 3.75. The molecule has 0 saturated heterocycles. The lowest BCUT2D eigenvalue weighted by Crippen LogP contribution is -2.15. The van der Waals surface area contributed by atoms with E-state index in [2.05, 4.69) is 44.1 Å². The minimum absolute atomic E-state index is 0.360. The van der Waals surface area contributed by atoms with Gasteiger partial charge in [-0.05, 0) is 49.1 Å². The largest absolute Gasteiger partial charge is 0.497 e. The highest BCUT2D eigenvalue weighted by Crippen LogP contribution is 2.13. The molecule has 0 aliphatic rings. The smallest absolute Gasteiger partial charge is 0.118 e. The number of hydrogen-bond donors (Lipinski definition) is 2. The molecule has 0 aromatic heterocycles. The molecule has 0 spiro atoms. The quantitative estimate of drug-likeness (QED) is 0.392. The Morgan fingerprint density at radius 3 is 2.14 bits per heavy atom. The zero-order valence-corrected chi connectivity index (χ0v) is 18.8. The van der Waals surface area contributed by atoms with Crippen molar-refractivity contribution in [1.29, 1.82) is 0 Å². The first-order chi connectivity index (χ1) is 14.1. The maximum atomic E-state index is 9.34. The second-order valence-electron chi connectivity index (χ2n) is 5.95. The molecule has 0 fully saturated rings. The fraction of sp³-hybridized carbons (Fsp3) is 0.385. The molecule has 2 unspecified atom stereocenters. The Hall–Kier alpha value is -2.52. The third-order valence-corrected chi connectivity index (χ3v) is 3.75. The lowest BCUT2D eigenvalue weighted by atomic mass is 10.0. The number of methoxy groups -OCH3 is 1. The van der Waals surface area contributed by atoms with Gasteiger partial charge in [-0.1, -0.05) is 69.4 Å². The van der Waals surface area contributed by atoms with E-state index in [9.17, 15) is 5.11 Å². The van der Waals surface area contributed by atoms with Gasteiger partial charge >= 0.3 is 0 Å². The minimum atomic E-state index is -0.476. The summed E-state index contributed by atoms with van der Waals surface area (Å²) in [6.07, 6.45) is 15.5. The molecular formula is C26H41NO2. The van der Waals surface area contributed by atoms with Crippen molar-refractivity contribution in [3.63, 3.8) is 0 Å². The highest BCUT2D eigenvalue weighted by molar-refractivity contribution is 5.50. The zero-order valence-electron chi connectivity index (χ0n) is 18.8. The molecule has 29 heavy (non-hydrogen) atoms. The van der Waals surface area contributed by atoms with E-state index in [0.717, 1.165) is 30.7 Å². The van der Waals surface area contributed by atoms with Gasteiger partial charge in [0.05, 0.1) is 13.2 Å². The summed E-state index contributed by atoms with van der Waals surface area (Å²) in [6, 6.07) is 7.97. The van der Waals surface area contributed by atoms with E-state index < -0.39 is 6.10 Å². The Bertz CT molecular complexity index is 573. The van der Waals surface area contributed by atoms with E-state index in [4.69, 9.17) is 4.74 Å². The molecule has 1 aromatic rings. The fourth-order valence-electron chi connectivity index (χ4n) is 1.96. The molecule has 0 radical (unpaired) electrons. The maximum absolute atomic E-state index is 9.34. The molecule has 3 nitrogen and oxygen atoms in total. The van der Waals surface area contributed by atoms with E-state index in [0.29, 0.717) is 12.3 Å². The van der Waals surface area contributed by atoms with Crippen LogP contribution in [-0.2, 0) is 0 Å². The molecule has 2 N–H and O–H groups in total. The normalized spacial score (nSPS) is 12.0. The van der Waals surface area contributed by atoms with Crippen LogP contribution >= 0.6 is 0 Å². The summed E-state index contributed by atoms with van der Waals surface area (Å²) in [5.74, 6) is 1.22. The zero-order chi connectivity index (χ0) is 22.3. The van der Waals surface area contributed by atoms with Crippen LogP contribution < -0.4 is 10.1 Å². The van der Waals surface area contributed by atoms with Gasteiger partial charge in [0.2, 0.25) is 0 Å². The second-order valence-corrected chi connectivity index (χ2v) is 5.95. The fourth-order valence-corrected chi connectivity index (χ4v) is 1.96. The van der Waals surface area contributed by atoms with Gasteiger partial charge in [-0.3, -0.25) is 0 Å². The number of benzene rings is 1. The van der Waals surface area contributed by atoms with Crippen LogP contribution in [0.4, 0.5) is 0 Å². The minimum Gasteiger partial charge on any atom is -0.497 e. The molecule has 1 aromatic carbocycles. The molecule has 3 heteroatoms. The average Bonchev–Trinajstić information content (AvgIpc) is 2.79. The number of ether oxygens (including phenoxy) is 1. The Kier molecular flexibility index (Phi) is 21.5. The lowest BCUT2D eigenvalue weighted by molar-refractivity contribution is 0.227.